The number of hydrogen-bond donors (Lipinski definition) is 0. The summed E-state index contributed by atoms with van der Waals surface area (Å²) < 4.78 is 35.3. The van der Waals surface area contributed by atoms with Crippen LogP contribution < -0.4 is 0 Å². The lowest BCUT2D eigenvalue weighted by Crippen LogP contribution is -2.45. The van der Waals surface area contributed by atoms with Crippen molar-refractivity contribution in [2.24, 2.45) is 0 Å². The van der Waals surface area contributed by atoms with E-state index in [0.29, 0.717) is 0 Å². The third-order valence-corrected chi connectivity index (χ3v) is 4.46. The Morgan fingerprint density at radius 2 is 2.05 bits per heavy atom. The zero-order valence-corrected chi connectivity index (χ0v) is 14.4. The van der Waals surface area contributed by atoms with Gasteiger partial charge in [0, 0.05) is 11.6 Å². The molecule has 2 aromatic rings. The molecule has 0 spiro atoms. The van der Waals surface area contributed by atoms with Gasteiger partial charge in [-0.05, 0) is 25.7 Å². The predicted octanol–water partition coefficient (Wildman–Crippen LogP) is 3.54. The summed E-state index contributed by atoms with van der Waals surface area (Å²) >= 11 is 6.17. The van der Waals surface area contributed by atoms with Gasteiger partial charge in [-0.15, -0.1) is 11.6 Å². The highest BCUT2D eigenvalue weighted by molar-refractivity contribution is 6.69. The molecule has 0 aliphatic heterocycles. The van der Waals surface area contributed by atoms with Crippen molar-refractivity contribution in [2.75, 3.05) is 5.88 Å². The van der Waals surface area contributed by atoms with Crippen molar-refractivity contribution in [3.8, 4) is 0 Å². The fourth-order valence-corrected chi connectivity index (χ4v) is 4.13. The van der Waals surface area contributed by atoms with Gasteiger partial charge < -0.3 is 4.43 Å². The fourth-order valence-electron chi connectivity index (χ4n) is 2.34. The average Bonchev–Trinajstić information content (AvgIpc) is 2.89. The van der Waals surface area contributed by atoms with E-state index < -0.39 is 25.6 Å². The van der Waals surface area contributed by atoms with Gasteiger partial charge in [0.25, 0.3) is 0 Å². The van der Waals surface area contributed by atoms with Crippen LogP contribution in [-0.2, 0) is 16.6 Å². The highest BCUT2D eigenvalue weighted by Crippen LogP contribution is 2.34. The van der Waals surface area contributed by atoms with Gasteiger partial charge in [0.1, 0.15) is 29.9 Å². The van der Waals surface area contributed by atoms with Crippen molar-refractivity contribution in [2.45, 2.75) is 31.8 Å². The quantitative estimate of drug-likeness (QED) is 0.594. The first-order valence-electron chi connectivity index (χ1n) is 6.80. The molecule has 0 aliphatic rings. The minimum Gasteiger partial charge on any atom is -0.405 e. The first-order valence-corrected chi connectivity index (χ1v) is 10.7. The Labute approximate surface area is 134 Å². The Bertz CT molecular complexity index is 634. The second kappa shape index (κ2) is 6.43. The molecular formula is C14H18ClF2N3OSi. The van der Waals surface area contributed by atoms with Crippen LogP contribution in [0.1, 0.15) is 5.56 Å². The zero-order valence-electron chi connectivity index (χ0n) is 12.7. The molecule has 4 nitrogen and oxygen atoms in total. The second-order valence-corrected chi connectivity index (χ2v) is 10.8. The molecule has 120 valence electrons. The van der Waals surface area contributed by atoms with Crippen molar-refractivity contribution >= 4 is 19.9 Å². The summed E-state index contributed by atoms with van der Waals surface area (Å²) in [6.07, 6.45) is 2.89. The minimum absolute atomic E-state index is 0.0136. The Hall–Kier alpha value is -1.31. The number of nitrogens with zero attached hydrogens (tertiary/aromatic N) is 3. The maximum Gasteiger partial charge on any atom is 0.185 e. The third-order valence-electron chi connectivity index (χ3n) is 3.02. The van der Waals surface area contributed by atoms with Crippen LogP contribution in [0.3, 0.4) is 0 Å². The molecule has 0 bridgehead atoms. The fraction of sp³-hybridized carbons (Fsp3) is 0.429. The van der Waals surface area contributed by atoms with Crippen LogP contribution in [0.2, 0.25) is 19.6 Å². The molecule has 0 fully saturated rings. The van der Waals surface area contributed by atoms with Crippen LogP contribution in [0.5, 0.6) is 0 Å². The molecule has 1 atom stereocenters. The van der Waals surface area contributed by atoms with Crippen molar-refractivity contribution < 1.29 is 13.2 Å². The Kier molecular flexibility index (Phi) is 4.99. The van der Waals surface area contributed by atoms with Gasteiger partial charge in [0.2, 0.25) is 0 Å². The van der Waals surface area contributed by atoms with Gasteiger partial charge in [0.05, 0.1) is 12.4 Å². The highest BCUT2D eigenvalue weighted by Gasteiger charge is 2.40. The molecule has 8 heteroatoms. The number of benzene rings is 1. The smallest absolute Gasteiger partial charge is 0.185 e. The maximum absolute atomic E-state index is 14.3. The lowest BCUT2D eigenvalue weighted by molar-refractivity contribution is 0.0545. The van der Waals surface area contributed by atoms with E-state index in [9.17, 15) is 8.78 Å². The molecule has 0 aliphatic carbocycles. The topological polar surface area (TPSA) is 39.9 Å². The summed E-state index contributed by atoms with van der Waals surface area (Å²) in [5.74, 6) is -1.31. The van der Waals surface area contributed by atoms with E-state index in [4.69, 9.17) is 16.0 Å². The van der Waals surface area contributed by atoms with Gasteiger partial charge in [-0.2, -0.15) is 5.10 Å². The molecular weight excluding hydrogens is 328 g/mol. The van der Waals surface area contributed by atoms with Gasteiger partial charge in [-0.3, -0.25) is 0 Å². The summed E-state index contributed by atoms with van der Waals surface area (Å²) in [5.41, 5.74) is -0.904. The van der Waals surface area contributed by atoms with Crippen molar-refractivity contribution in [3.05, 3.63) is 48.1 Å². The number of rotatable bonds is 6. The predicted molar refractivity (Wildman–Crippen MR) is 83.2 cm³/mol. The highest BCUT2D eigenvalue weighted by atomic mass is 35.5. The number of alkyl halides is 1. The largest absolute Gasteiger partial charge is 0.405 e. The molecule has 1 aromatic carbocycles. The molecule has 0 N–H and O–H groups in total. The molecule has 0 saturated carbocycles. The lowest BCUT2D eigenvalue weighted by Gasteiger charge is -2.38. The monoisotopic (exact) mass is 345 g/mol. The molecule has 0 amide bonds. The molecule has 22 heavy (non-hydrogen) atoms. The van der Waals surface area contributed by atoms with E-state index in [1.165, 1.54) is 29.5 Å². The Morgan fingerprint density at radius 3 is 2.55 bits per heavy atom. The van der Waals surface area contributed by atoms with E-state index >= 15 is 0 Å². The Balaban J connectivity index is 2.51. The third kappa shape index (κ3) is 3.91. The average molecular weight is 346 g/mol. The SMILES string of the molecule is C[Si](C)(C)OC(CCl)(Cn1cncn1)c1ccc(F)cc1F. The zero-order chi connectivity index (χ0) is 16.4. The van der Waals surface area contributed by atoms with Gasteiger partial charge >= 0.3 is 0 Å². The van der Waals surface area contributed by atoms with Gasteiger partial charge in [0.15, 0.2) is 8.32 Å². The van der Waals surface area contributed by atoms with Gasteiger partial charge in [-0.25, -0.2) is 18.4 Å². The van der Waals surface area contributed by atoms with Crippen molar-refractivity contribution in [1.82, 2.24) is 14.8 Å². The lowest BCUT2D eigenvalue weighted by atomic mass is 9.95. The van der Waals surface area contributed by atoms with Crippen LogP contribution in [0, 0.1) is 11.6 Å². The van der Waals surface area contributed by atoms with Crippen LogP contribution >= 0.6 is 11.6 Å². The molecule has 1 unspecified atom stereocenters. The summed E-state index contributed by atoms with van der Waals surface area (Å²) in [4.78, 5) is 3.88. The van der Waals surface area contributed by atoms with Gasteiger partial charge in [-0.1, -0.05) is 6.07 Å². The Morgan fingerprint density at radius 1 is 1.32 bits per heavy atom. The number of halogens is 3. The van der Waals surface area contributed by atoms with E-state index in [2.05, 4.69) is 10.1 Å². The minimum atomic E-state index is -2.07. The standard InChI is InChI=1S/C14H18ClF2N3OSi/c1-22(2,3)21-14(7-15,8-20-10-18-9-19-20)12-5-4-11(16)6-13(12)17/h4-6,9-10H,7-8H2,1-3H3. The number of aromatic nitrogens is 3. The summed E-state index contributed by atoms with van der Waals surface area (Å²) in [5, 5.41) is 4.04. The molecule has 0 saturated heterocycles. The summed E-state index contributed by atoms with van der Waals surface area (Å²) in [6.45, 7) is 6.15. The van der Waals surface area contributed by atoms with E-state index in [0.717, 1.165) is 6.07 Å². The van der Waals surface area contributed by atoms with Crippen molar-refractivity contribution in [1.29, 1.82) is 0 Å². The maximum atomic E-state index is 14.3. The molecule has 1 heterocycles. The van der Waals surface area contributed by atoms with Crippen LogP contribution in [0.4, 0.5) is 8.78 Å². The molecule has 0 radical (unpaired) electrons. The van der Waals surface area contributed by atoms with E-state index in [1.54, 1.807) is 0 Å². The van der Waals surface area contributed by atoms with Crippen LogP contribution in [-0.4, -0.2) is 29.0 Å². The molecule has 2 rings (SSSR count). The normalized spacial score (nSPS) is 14.8. The first kappa shape index (κ1) is 17.0. The van der Waals surface area contributed by atoms with E-state index in [1.807, 2.05) is 19.6 Å². The summed E-state index contributed by atoms with van der Waals surface area (Å²) in [6, 6.07) is 3.42. The summed E-state index contributed by atoms with van der Waals surface area (Å²) in [7, 11) is -2.07. The number of hydrogen-bond acceptors (Lipinski definition) is 3. The van der Waals surface area contributed by atoms with E-state index in [-0.39, 0.29) is 18.0 Å². The second-order valence-electron chi connectivity index (χ2n) is 6.06. The molecule has 1 aromatic heterocycles. The van der Waals surface area contributed by atoms with Crippen LogP contribution in [0.15, 0.2) is 30.9 Å². The van der Waals surface area contributed by atoms with Crippen LogP contribution in [0.25, 0.3) is 0 Å². The van der Waals surface area contributed by atoms with Crippen molar-refractivity contribution in [3.63, 3.8) is 0 Å². The first-order chi connectivity index (χ1) is 10.3.